The van der Waals surface area contributed by atoms with Gasteiger partial charge in [0, 0.05) is 17.2 Å². The van der Waals surface area contributed by atoms with Crippen molar-refractivity contribution in [3.8, 4) is 5.75 Å². The van der Waals surface area contributed by atoms with E-state index in [0.717, 1.165) is 5.56 Å². The van der Waals surface area contributed by atoms with Crippen molar-refractivity contribution in [1.29, 1.82) is 0 Å². The number of carbonyl (C=O) groups is 2. The molecule has 1 aliphatic heterocycles. The molecule has 0 bridgehead atoms. The molecular formula is C25H23N3O6. The molecule has 0 fully saturated rings. The van der Waals surface area contributed by atoms with Crippen molar-refractivity contribution in [2.24, 2.45) is 0 Å². The molecule has 3 aromatic rings. The van der Waals surface area contributed by atoms with Gasteiger partial charge in [0.15, 0.2) is 0 Å². The van der Waals surface area contributed by atoms with Gasteiger partial charge in [-0.2, -0.15) is 0 Å². The molecule has 0 spiro atoms. The van der Waals surface area contributed by atoms with E-state index in [0.29, 0.717) is 22.6 Å². The monoisotopic (exact) mass is 461 g/mol. The van der Waals surface area contributed by atoms with Gasteiger partial charge in [-0.1, -0.05) is 30.3 Å². The Balaban J connectivity index is 1.75. The summed E-state index contributed by atoms with van der Waals surface area (Å²) in [5.41, 5.74) is 0.667. The Morgan fingerprint density at radius 3 is 2.41 bits per heavy atom. The molecule has 174 valence electrons. The number of fused-ring (bicyclic) bond motifs is 1. The van der Waals surface area contributed by atoms with E-state index in [1.54, 1.807) is 38.1 Å². The van der Waals surface area contributed by atoms with Crippen LogP contribution in [0, 0.1) is 10.1 Å². The van der Waals surface area contributed by atoms with Crippen LogP contribution in [-0.4, -0.2) is 24.0 Å². The lowest BCUT2D eigenvalue weighted by molar-refractivity contribution is -0.383. The molecule has 0 unspecified atom stereocenters. The number of methoxy groups -OCH3 is 1. The highest BCUT2D eigenvalue weighted by Gasteiger charge is 2.40. The molecule has 0 saturated carbocycles. The van der Waals surface area contributed by atoms with Crippen molar-refractivity contribution < 1.29 is 24.0 Å². The quantitative estimate of drug-likeness (QED) is 0.397. The van der Waals surface area contributed by atoms with Gasteiger partial charge in [0.2, 0.25) is 0 Å². The molecule has 0 saturated heterocycles. The van der Waals surface area contributed by atoms with Gasteiger partial charge in [-0.3, -0.25) is 19.8 Å². The Morgan fingerprint density at radius 1 is 1.12 bits per heavy atom. The molecule has 2 amide bonds. The highest BCUT2D eigenvalue weighted by molar-refractivity contribution is 6.06. The lowest BCUT2D eigenvalue weighted by Crippen LogP contribution is -2.43. The van der Waals surface area contributed by atoms with E-state index in [4.69, 9.17) is 9.47 Å². The highest BCUT2D eigenvalue weighted by Crippen LogP contribution is 2.44. The second kappa shape index (κ2) is 8.86. The van der Waals surface area contributed by atoms with Crippen LogP contribution in [0.15, 0.2) is 66.7 Å². The molecule has 1 aliphatic rings. The minimum absolute atomic E-state index is 0.00949. The number of ether oxygens (including phenoxy) is 2. The summed E-state index contributed by atoms with van der Waals surface area (Å²) in [5, 5.41) is 14.5. The average molecular weight is 461 g/mol. The Bertz CT molecular complexity index is 1260. The number of rotatable bonds is 6. The van der Waals surface area contributed by atoms with Crippen LogP contribution in [0.5, 0.6) is 5.75 Å². The van der Waals surface area contributed by atoms with E-state index in [1.807, 2.05) is 30.3 Å². The predicted octanol–water partition coefficient (Wildman–Crippen LogP) is 5.25. The van der Waals surface area contributed by atoms with E-state index >= 15 is 0 Å². The normalized spacial score (nSPS) is 14.1. The first kappa shape index (κ1) is 22.8. The van der Waals surface area contributed by atoms with Crippen molar-refractivity contribution in [1.82, 2.24) is 0 Å². The molecular weight excluding hydrogens is 438 g/mol. The average Bonchev–Trinajstić information content (AvgIpc) is 2.82. The summed E-state index contributed by atoms with van der Waals surface area (Å²) >= 11 is 0. The fourth-order valence-corrected chi connectivity index (χ4v) is 3.81. The maximum absolute atomic E-state index is 12.8. The summed E-state index contributed by atoms with van der Waals surface area (Å²) in [5.74, 6) is 0.0656. The summed E-state index contributed by atoms with van der Waals surface area (Å²) in [7, 11) is 1.52. The number of amides is 2. The fraction of sp³-hybridized carbons (Fsp3) is 0.200. The minimum atomic E-state index is -1.06. The third kappa shape index (κ3) is 4.40. The highest BCUT2D eigenvalue weighted by atomic mass is 16.6. The molecule has 3 aromatic carbocycles. The van der Waals surface area contributed by atoms with Gasteiger partial charge < -0.3 is 14.8 Å². The molecule has 9 nitrogen and oxygen atoms in total. The number of hydrogen-bond donors (Lipinski definition) is 1. The number of nitrogens with one attached hydrogen (secondary N) is 1. The zero-order valence-corrected chi connectivity index (χ0v) is 18.9. The van der Waals surface area contributed by atoms with E-state index in [2.05, 4.69) is 5.32 Å². The summed E-state index contributed by atoms with van der Waals surface area (Å²) in [6.07, 6.45) is -0.606. The molecule has 1 N–H and O–H groups in total. The number of benzene rings is 3. The first-order valence-corrected chi connectivity index (χ1v) is 10.5. The summed E-state index contributed by atoms with van der Waals surface area (Å²) in [6, 6.07) is 18.4. The van der Waals surface area contributed by atoms with Crippen LogP contribution in [0.25, 0.3) is 0 Å². The topological polar surface area (TPSA) is 111 Å². The van der Waals surface area contributed by atoms with Crippen LogP contribution in [0.1, 0.15) is 35.3 Å². The van der Waals surface area contributed by atoms with Gasteiger partial charge in [0.05, 0.1) is 24.3 Å². The summed E-state index contributed by atoms with van der Waals surface area (Å²) in [6.45, 7) is 3.58. The summed E-state index contributed by atoms with van der Waals surface area (Å²) < 4.78 is 10.7. The zero-order valence-electron chi connectivity index (χ0n) is 18.9. The van der Waals surface area contributed by atoms with Crippen molar-refractivity contribution >= 4 is 29.1 Å². The van der Waals surface area contributed by atoms with Gasteiger partial charge in [-0.05, 0) is 49.7 Å². The first-order valence-electron chi connectivity index (χ1n) is 10.5. The summed E-state index contributed by atoms with van der Waals surface area (Å²) in [4.78, 5) is 38.3. The SMILES string of the molecule is COc1ccc(C(=O)Nc2cc3c(cc2[N+](=O)[O-])N(Cc2ccccc2)C(=O)OC3(C)C)cc1. The maximum atomic E-state index is 12.8. The second-order valence-electron chi connectivity index (χ2n) is 8.28. The molecule has 9 heteroatoms. The molecule has 34 heavy (non-hydrogen) atoms. The fourth-order valence-electron chi connectivity index (χ4n) is 3.81. The third-order valence-corrected chi connectivity index (χ3v) is 5.60. The third-order valence-electron chi connectivity index (χ3n) is 5.60. The van der Waals surface area contributed by atoms with Gasteiger partial charge in [0.25, 0.3) is 11.6 Å². The lowest BCUT2D eigenvalue weighted by Gasteiger charge is -2.38. The largest absolute Gasteiger partial charge is 0.497 e. The van der Waals surface area contributed by atoms with Crippen LogP contribution >= 0.6 is 0 Å². The van der Waals surface area contributed by atoms with E-state index in [1.165, 1.54) is 24.1 Å². The molecule has 0 atom stereocenters. The number of nitrogens with zero attached hydrogens (tertiary/aromatic N) is 2. The number of cyclic esters (lactones) is 1. The van der Waals surface area contributed by atoms with Crippen LogP contribution < -0.4 is 15.0 Å². The predicted molar refractivity (Wildman–Crippen MR) is 126 cm³/mol. The first-order chi connectivity index (χ1) is 16.2. The van der Waals surface area contributed by atoms with Gasteiger partial charge >= 0.3 is 6.09 Å². The standard InChI is InChI=1S/C25H23N3O6/c1-25(2)19-13-20(26-23(29)17-9-11-18(33-3)12-10-17)22(28(31)32)14-21(19)27(24(30)34-25)15-16-7-5-4-6-8-16/h4-14H,15H2,1-3H3,(H,26,29). The Labute approximate surface area is 196 Å². The lowest BCUT2D eigenvalue weighted by atomic mass is 9.92. The van der Waals surface area contributed by atoms with Crippen molar-refractivity contribution in [2.75, 3.05) is 17.3 Å². The van der Waals surface area contributed by atoms with Crippen molar-refractivity contribution in [3.05, 3.63) is 93.5 Å². The van der Waals surface area contributed by atoms with Crippen LogP contribution in [-0.2, 0) is 16.9 Å². The molecule has 0 aromatic heterocycles. The number of anilines is 2. The maximum Gasteiger partial charge on any atom is 0.415 e. The van der Waals surface area contributed by atoms with E-state index in [9.17, 15) is 19.7 Å². The van der Waals surface area contributed by atoms with E-state index in [-0.39, 0.29) is 17.9 Å². The Kier molecular flexibility index (Phi) is 5.93. The molecule has 1 heterocycles. The number of nitro groups is 1. The number of hydrogen-bond acceptors (Lipinski definition) is 6. The van der Waals surface area contributed by atoms with Gasteiger partial charge in [-0.15, -0.1) is 0 Å². The second-order valence-corrected chi connectivity index (χ2v) is 8.28. The van der Waals surface area contributed by atoms with Crippen LogP contribution in [0.2, 0.25) is 0 Å². The Hall–Kier alpha value is -4.40. The van der Waals surface area contributed by atoms with Crippen LogP contribution in [0.3, 0.4) is 0 Å². The number of carbonyl (C=O) groups excluding carboxylic acids is 2. The molecule has 0 radical (unpaired) electrons. The van der Waals surface area contributed by atoms with Crippen LogP contribution in [0.4, 0.5) is 21.9 Å². The van der Waals surface area contributed by atoms with Crippen molar-refractivity contribution in [3.63, 3.8) is 0 Å². The van der Waals surface area contributed by atoms with Gasteiger partial charge in [-0.25, -0.2) is 4.79 Å². The molecule has 4 rings (SSSR count). The van der Waals surface area contributed by atoms with Gasteiger partial charge in [0.1, 0.15) is 17.0 Å². The zero-order chi connectivity index (χ0) is 24.5. The number of nitro benzene ring substituents is 1. The minimum Gasteiger partial charge on any atom is -0.497 e. The van der Waals surface area contributed by atoms with Crippen molar-refractivity contribution in [2.45, 2.75) is 26.0 Å². The molecule has 0 aliphatic carbocycles. The van der Waals surface area contributed by atoms with E-state index < -0.39 is 22.5 Å². The smallest absolute Gasteiger partial charge is 0.415 e. The Morgan fingerprint density at radius 2 is 1.79 bits per heavy atom.